The molecule has 2 aliphatic rings. The summed E-state index contributed by atoms with van der Waals surface area (Å²) >= 11 is 0. The lowest BCUT2D eigenvalue weighted by Crippen LogP contribution is -2.50. The number of aliphatic hydroxyl groups excluding tert-OH is 2. The molecule has 132 valence electrons. The Hall–Kier alpha value is -1.43. The van der Waals surface area contributed by atoms with Crippen molar-refractivity contribution >= 4 is 5.97 Å². The van der Waals surface area contributed by atoms with E-state index < -0.39 is 24.3 Å². The van der Waals surface area contributed by atoms with Crippen molar-refractivity contribution in [1.82, 2.24) is 4.90 Å². The molecule has 0 radical (unpaired) electrons. The Morgan fingerprint density at radius 2 is 1.79 bits per heavy atom. The van der Waals surface area contributed by atoms with Crippen LogP contribution in [-0.4, -0.2) is 44.7 Å². The van der Waals surface area contributed by atoms with E-state index in [0.717, 1.165) is 25.7 Å². The van der Waals surface area contributed by atoms with E-state index in [0.29, 0.717) is 12.3 Å². The van der Waals surface area contributed by atoms with Crippen LogP contribution in [0.3, 0.4) is 0 Å². The van der Waals surface area contributed by atoms with E-state index in [4.69, 9.17) is 5.11 Å². The summed E-state index contributed by atoms with van der Waals surface area (Å²) < 4.78 is 0. The summed E-state index contributed by atoms with van der Waals surface area (Å²) in [4.78, 5) is 12.8. The molecule has 1 aromatic rings. The SMILES string of the molecule is O=C(O)C[C@H]1C[C@@H](O)N([C@@H]2CCCC[C@@H]2Cc2ccccc2)[C@@H]1O. The number of aliphatic carboxylic acids is 1. The Morgan fingerprint density at radius 1 is 1.08 bits per heavy atom. The largest absolute Gasteiger partial charge is 0.481 e. The fourth-order valence-corrected chi connectivity index (χ4v) is 4.50. The van der Waals surface area contributed by atoms with Crippen molar-refractivity contribution in [2.24, 2.45) is 11.8 Å². The number of aliphatic hydroxyl groups is 2. The Kier molecular flexibility index (Phi) is 5.54. The van der Waals surface area contributed by atoms with Gasteiger partial charge in [0, 0.05) is 12.0 Å². The Bertz CT molecular complexity index is 550. The van der Waals surface area contributed by atoms with Gasteiger partial charge in [-0.1, -0.05) is 43.2 Å². The zero-order chi connectivity index (χ0) is 17.1. The summed E-state index contributed by atoms with van der Waals surface area (Å²) in [5, 5.41) is 30.1. The predicted octanol–water partition coefficient (Wildman–Crippen LogP) is 2.22. The van der Waals surface area contributed by atoms with Gasteiger partial charge in [-0.25, -0.2) is 4.90 Å². The van der Waals surface area contributed by atoms with E-state index in [2.05, 4.69) is 12.1 Å². The van der Waals surface area contributed by atoms with Gasteiger partial charge in [-0.3, -0.25) is 4.79 Å². The number of nitrogens with zero attached hydrogens (tertiary/aromatic N) is 1. The summed E-state index contributed by atoms with van der Waals surface area (Å²) in [5.41, 5.74) is 1.28. The zero-order valence-electron chi connectivity index (χ0n) is 13.9. The monoisotopic (exact) mass is 333 g/mol. The minimum absolute atomic E-state index is 0.0925. The van der Waals surface area contributed by atoms with Crippen molar-refractivity contribution in [3.8, 4) is 0 Å². The summed E-state index contributed by atoms with van der Waals surface area (Å²) in [7, 11) is 0. The molecular formula is C19H27NO4. The number of carboxylic acids is 1. The fraction of sp³-hybridized carbons (Fsp3) is 0.632. The van der Waals surface area contributed by atoms with Gasteiger partial charge < -0.3 is 15.3 Å². The van der Waals surface area contributed by atoms with Crippen LogP contribution in [0.5, 0.6) is 0 Å². The van der Waals surface area contributed by atoms with Crippen molar-refractivity contribution < 1.29 is 20.1 Å². The Balaban J connectivity index is 1.73. The van der Waals surface area contributed by atoms with Gasteiger partial charge in [0.25, 0.3) is 0 Å². The lowest BCUT2D eigenvalue weighted by atomic mass is 9.79. The maximum atomic E-state index is 11.0. The number of benzene rings is 1. The van der Waals surface area contributed by atoms with Crippen molar-refractivity contribution in [2.75, 3.05) is 0 Å². The van der Waals surface area contributed by atoms with Gasteiger partial charge in [0.05, 0.1) is 6.42 Å². The van der Waals surface area contributed by atoms with Crippen LogP contribution in [-0.2, 0) is 11.2 Å². The second-order valence-corrected chi connectivity index (χ2v) is 7.24. The first-order chi connectivity index (χ1) is 11.6. The smallest absolute Gasteiger partial charge is 0.303 e. The van der Waals surface area contributed by atoms with Gasteiger partial charge >= 0.3 is 5.97 Å². The van der Waals surface area contributed by atoms with Crippen molar-refractivity contribution in [3.05, 3.63) is 35.9 Å². The van der Waals surface area contributed by atoms with Gasteiger partial charge in [0.1, 0.15) is 12.5 Å². The first kappa shape index (κ1) is 17.4. The van der Waals surface area contributed by atoms with E-state index in [1.165, 1.54) is 12.0 Å². The van der Waals surface area contributed by atoms with Crippen LogP contribution in [0.2, 0.25) is 0 Å². The molecule has 1 saturated heterocycles. The van der Waals surface area contributed by atoms with Crippen LogP contribution in [0.25, 0.3) is 0 Å². The highest BCUT2D eigenvalue weighted by Crippen LogP contribution is 2.39. The topological polar surface area (TPSA) is 81.0 Å². The van der Waals surface area contributed by atoms with Crippen LogP contribution in [0.4, 0.5) is 0 Å². The highest BCUT2D eigenvalue weighted by atomic mass is 16.4. The maximum absolute atomic E-state index is 11.0. The van der Waals surface area contributed by atoms with E-state index in [1.807, 2.05) is 18.2 Å². The van der Waals surface area contributed by atoms with Crippen LogP contribution >= 0.6 is 0 Å². The highest BCUT2D eigenvalue weighted by Gasteiger charge is 2.46. The van der Waals surface area contributed by atoms with Crippen LogP contribution < -0.4 is 0 Å². The minimum atomic E-state index is -0.919. The van der Waals surface area contributed by atoms with E-state index in [1.54, 1.807) is 4.90 Å². The third-order valence-corrected chi connectivity index (χ3v) is 5.61. The normalized spacial score (nSPS) is 34.3. The molecule has 2 fully saturated rings. The molecule has 0 bridgehead atoms. The summed E-state index contributed by atoms with van der Waals surface area (Å²) in [6.07, 6.45) is 3.87. The number of likely N-dealkylation sites (tertiary alicyclic amines) is 1. The van der Waals surface area contributed by atoms with Gasteiger partial charge in [0.15, 0.2) is 0 Å². The third-order valence-electron chi connectivity index (χ3n) is 5.61. The summed E-state index contributed by atoms with van der Waals surface area (Å²) in [5.74, 6) is -0.927. The first-order valence-electron chi connectivity index (χ1n) is 8.95. The number of rotatable bonds is 5. The minimum Gasteiger partial charge on any atom is -0.481 e. The lowest BCUT2D eigenvalue weighted by Gasteiger charge is -2.41. The molecule has 0 unspecified atom stereocenters. The van der Waals surface area contributed by atoms with Gasteiger partial charge in [-0.2, -0.15) is 0 Å². The molecule has 1 heterocycles. The molecule has 0 aromatic heterocycles. The van der Waals surface area contributed by atoms with Crippen LogP contribution in [0.1, 0.15) is 44.1 Å². The molecule has 5 atom stereocenters. The maximum Gasteiger partial charge on any atom is 0.303 e. The van der Waals surface area contributed by atoms with Crippen molar-refractivity contribution in [1.29, 1.82) is 0 Å². The number of hydrogen-bond donors (Lipinski definition) is 3. The first-order valence-corrected chi connectivity index (χ1v) is 8.95. The molecule has 1 aliphatic heterocycles. The molecule has 24 heavy (non-hydrogen) atoms. The van der Waals surface area contributed by atoms with E-state index in [9.17, 15) is 15.0 Å². The van der Waals surface area contributed by atoms with Gasteiger partial charge in [0.2, 0.25) is 0 Å². The molecule has 0 spiro atoms. The van der Waals surface area contributed by atoms with E-state index in [-0.39, 0.29) is 12.5 Å². The molecule has 0 amide bonds. The standard InChI is InChI=1S/C19H27NO4/c21-17-11-15(12-18(22)23)19(24)20(17)16-9-5-4-8-14(16)10-13-6-2-1-3-7-13/h1-3,6-7,14-17,19,21,24H,4-5,8-12H2,(H,22,23)/t14-,15-,16-,17-,19-/m1/s1. The number of carboxylic acid groups (broad SMARTS) is 1. The van der Waals surface area contributed by atoms with Crippen LogP contribution in [0.15, 0.2) is 30.3 Å². The van der Waals surface area contributed by atoms with Gasteiger partial charge in [-0.15, -0.1) is 0 Å². The average molecular weight is 333 g/mol. The fourth-order valence-electron chi connectivity index (χ4n) is 4.50. The highest BCUT2D eigenvalue weighted by molar-refractivity contribution is 5.67. The number of carbonyl (C=O) groups is 1. The summed E-state index contributed by atoms with van der Waals surface area (Å²) in [6, 6.07) is 10.4. The molecule has 3 rings (SSSR count). The molecule has 3 N–H and O–H groups in total. The number of hydrogen-bond acceptors (Lipinski definition) is 4. The molecule has 1 aliphatic carbocycles. The second-order valence-electron chi connectivity index (χ2n) is 7.24. The second kappa shape index (κ2) is 7.64. The van der Waals surface area contributed by atoms with Crippen molar-refractivity contribution in [2.45, 2.75) is 63.4 Å². The third kappa shape index (κ3) is 3.79. The average Bonchev–Trinajstić information content (AvgIpc) is 2.82. The van der Waals surface area contributed by atoms with Crippen molar-refractivity contribution in [3.63, 3.8) is 0 Å². The van der Waals surface area contributed by atoms with Crippen LogP contribution in [0, 0.1) is 11.8 Å². The molecule has 5 nitrogen and oxygen atoms in total. The zero-order valence-corrected chi connectivity index (χ0v) is 13.9. The molecular weight excluding hydrogens is 306 g/mol. The predicted molar refractivity (Wildman–Crippen MR) is 90.1 cm³/mol. The molecule has 5 heteroatoms. The summed E-state index contributed by atoms with van der Waals surface area (Å²) in [6.45, 7) is 0. The lowest BCUT2D eigenvalue weighted by molar-refractivity contribution is -0.141. The quantitative estimate of drug-likeness (QED) is 0.770. The Morgan fingerprint density at radius 3 is 2.50 bits per heavy atom. The molecule has 1 aromatic carbocycles. The molecule has 1 saturated carbocycles. The Labute approximate surface area is 142 Å². The van der Waals surface area contributed by atoms with E-state index >= 15 is 0 Å². The van der Waals surface area contributed by atoms with Gasteiger partial charge in [-0.05, 0) is 37.2 Å².